The molecule has 7 aromatic carbocycles. The van der Waals surface area contributed by atoms with E-state index in [2.05, 4.69) is 85.5 Å². The number of fused-ring (bicyclic) bond motifs is 1. The second-order valence-corrected chi connectivity index (χ2v) is 22.2. The molecule has 4 nitrogen and oxygen atoms in total. The molecule has 0 spiro atoms. The number of aromatic nitrogens is 3. The van der Waals surface area contributed by atoms with Gasteiger partial charge in [-0.15, -0.1) is 0 Å². The molecule has 0 aliphatic heterocycles. The number of hydrogen-bond donors (Lipinski definition) is 1. The Morgan fingerprint density at radius 3 is 1.81 bits per heavy atom. The van der Waals surface area contributed by atoms with Crippen molar-refractivity contribution < 1.29 is 20.2 Å². The molecule has 0 atom stereocenters. The van der Waals surface area contributed by atoms with E-state index in [1.165, 1.54) is 0 Å². The van der Waals surface area contributed by atoms with Crippen LogP contribution in [0.3, 0.4) is 0 Å². The molecule has 9 aromatic rings. The molecular weight excluding hydrogens is 839 g/mol. The van der Waals surface area contributed by atoms with Crippen molar-refractivity contribution in [2.75, 3.05) is 0 Å². The standard InChI is InChI=1S/C65H67N3O/c1-41-33-53(44-27-29-48(30-28-44)62(2,3)4)58(40-52(41)43-23-18-15-19-24-43)68-57-26-20-25-51(59(57)67-61(68)54-38-50(64(8,9)10)39-55(60(54)69)65(11,12)13)46-34-47(36-49(35-46)63(5,6)7)56-37-45(31-32-66-56)42-21-16-14-17-22-42/h14-40,69H,1-13H3/i1D3,14D,16D,17D,21D,22D,31D,32D,37D. The van der Waals surface area contributed by atoms with Gasteiger partial charge in [0.15, 0.2) is 0 Å². The minimum Gasteiger partial charge on any atom is -0.507 e. The number of benzene rings is 7. The molecule has 69 heavy (non-hydrogen) atoms. The third kappa shape index (κ3) is 9.30. The summed E-state index contributed by atoms with van der Waals surface area (Å²) < 4.78 is 99.2. The summed E-state index contributed by atoms with van der Waals surface area (Å²) in [6, 6.07) is 33.0. The summed E-state index contributed by atoms with van der Waals surface area (Å²) >= 11 is 0. The minimum absolute atomic E-state index is 0.0258. The van der Waals surface area contributed by atoms with E-state index in [0.717, 1.165) is 27.8 Å². The first kappa shape index (κ1) is 35.1. The summed E-state index contributed by atoms with van der Waals surface area (Å²) in [5.41, 5.74) is 7.98. The number of phenols is 1. The van der Waals surface area contributed by atoms with Gasteiger partial charge in [-0.3, -0.25) is 9.55 Å². The lowest BCUT2D eigenvalue weighted by atomic mass is 9.79. The maximum atomic E-state index is 12.8. The number of aryl methyl sites for hydroxylation is 1. The fraction of sp³-hybridized carbons (Fsp3) is 0.262. The smallest absolute Gasteiger partial charge is 0.149 e. The van der Waals surface area contributed by atoms with E-state index in [4.69, 9.17) is 18.7 Å². The van der Waals surface area contributed by atoms with Crippen molar-refractivity contribution in [2.45, 2.75) is 112 Å². The van der Waals surface area contributed by atoms with Crippen molar-refractivity contribution in [1.82, 2.24) is 14.5 Å². The van der Waals surface area contributed by atoms with Crippen LogP contribution < -0.4 is 0 Å². The third-order valence-corrected chi connectivity index (χ3v) is 13.0. The number of imidazole rings is 1. The van der Waals surface area contributed by atoms with Crippen LogP contribution in [0.15, 0.2) is 164 Å². The minimum atomic E-state index is -2.53. The van der Waals surface area contributed by atoms with Crippen LogP contribution in [0, 0.1) is 6.85 Å². The van der Waals surface area contributed by atoms with Crippen LogP contribution >= 0.6 is 0 Å². The zero-order chi connectivity index (χ0) is 58.7. The molecule has 348 valence electrons. The average molecular weight is 917 g/mol. The van der Waals surface area contributed by atoms with Crippen LogP contribution in [0.25, 0.3) is 83.9 Å². The highest BCUT2D eigenvalue weighted by atomic mass is 16.3. The number of aromatic hydroxyl groups is 1. The summed E-state index contributed by atoms with van der Waals surface area (Å²) in [6.07, 6.45) is -0.541. The van der Waals surface area contributed by atoms with E-state index in [-0.39, 0.29) is 45.0 Å². The largest absolute Gasteiger partial charge is 0.507 e. The van der Waals surface area contributed by atoms with Crippen LogP contribution in [0.4, 0.5) is 0 Å². The van der Waals surface area contributed by atoms with Gasteiger partial charge in [-0.2, -0.15) is 0 Å². The molecule has 2 heterocycles. The molecular formula is C65H67N3O. The molecule has 0 aliphatic carbocycles. The van der Waals surface area contributed by atoms with Gasteiger partial charge in [-0.25, -0.2) is 4.98 Å². The van der Waals surface area contributed by atoms with Crippen LogP contribution in [0.2, 0.25) is 0 Å². The second-order valence-electron chi connectivity index (χ2n) is 22.2. The summed E-state index contributed by atoms with van der Waals surface area (Å²) in [5.74, 6) is 0.442. The first-order chi connectivity index (χ1) is 37.1. The lowest BCUT2D eigenvalue weighted by Gasteiger charge is -2.28. The molecule has 2 aromatic heterocycles. The number of rotatable bonds is 7. The monoisotopic (exact) mass is 917 g/mol. The Balaban J connectivity index is 1.44. The molecule has 4 heteroatoms. The van der Waals surface area contributed by atoms with Crippen molar-refractivity contribution in [3.8, 4) is 78.6 Å². The van der Waals surface area contributed by atoms with Crippen molar-refractivity contribution in [2.24, 2.45) is 0 Å². The summed E-state index contributed by atoms with van der Waals surface area (Å²) in [6.45, 7) is 22.6. The molecule has 0 bridgehead atoms. The highest BCUT2D eigenvalue weighted by Gasteiger charge is 2.30. The number of para-hydroxylation sites is 1. The predicted molar refractivity (Wildman–Crippen MR) is 293 cm³/mol. The molecule has 0 saturated heterocycles. The molecule has 9 rings (SSSR count). The lowest BCUT2D eigenvalue weighted by Crippen LogP contribution is -2.17. The highest BCUT2D eigenvalue weighted by molar-refractivity contribution is 5.98. The Morgan fingerprint density at radius 1 is 0.507 bits per heavy atom. The van der Waals surface area contributed by atoms with E-state index in [1.807, 2.05) is 116 Å². The van der Waals surface area contributed by atoms with Gasteiger partial charge in [0.1, 0.15) is 11.6 Å². The van der Waals surface area contributed by atoms with Crippen molar-refractivity contribution >= 4 is 11.0 Å². The van der Waals surface area contributed by atoms with Gasteiger partial charge in [0.2, 0.25) is 0 Å². The van der Waals surface area contributed by atoms with E-state index < -0.39 is 60.1 Å². The predicted octanol–water partition coefficient (Wildman–Crippen LogP) is 17.6. The molecule has 0 radical (unpaired) electrons. The maximum absolute atomic E-state index is 12.8. The average Bonchev–Trinajstić information content (AvgIpc) is 3.77. The lowest BCUT2D eigenvalue weighted by molar-refractivity contribution is 0.446. The van der Waals surface area contributed by atoms with Gasteiger partial charge in [0, 0.05) is 32.5 Å². The number of pyridine rings is 1. The zero-order valence-corrected chi connectivity index (χ0v) is 41.8. The topological polar surface area (TPSA) is 50.9 Å². The normalized spacial score (nSPS) is 14.9. The number of hydrogen-bond acceptors (Lipinski definition) is 3. The fourth-order valence-electron chi connectivity index (χ4n) is 8.88. The van der Waals surface area contributed by atoms with E-state index >= 15 is 0 Å². The van der Waals surface area contributed by atoms with Gasteiger partial charge in [-0.1, -0.05) is 192 Å². The van der Waals surface area contributed by atoms with Gasteiger partial charge in [-0.05, 0) is 133 Å². The van der Waals surface area contributed by atoms with E-state index in [1.54, 1.807) is 6.07 Å². The molecule has 0 unspecified atom stereocenters. The fourth-order valence-corrected chi connectivity index (χ4v) is 8.88. The van der Waals surface area contributed by atoms with E-state index in [9.17, 15) is 6.48 Å². The number of nitrogens with zero attached hydrogens (tertiary/aromatic N) is 3. The van der Waals surface area contributed by atoms with E-state index in [0.29, 0.717) is 61.5 Å². The molecule has 0 amide bonds. The summed E-state index contributed by atoms with van der Waals surface area (Å²) in [7, 11) is 0. The summed E-state index contributed by atoms with van der Waals surface area (Å²) in [5, 5.41) is 12.8. The Morgan fingerprint density at radius 2 is 1.16 bits per heavy atom. The molecule has 0 fully saturated rings. The third-order valence-electron chi connectivity index (χ3n) is 13.0. The summed E-state index contributed by atoms with van der Waals surface area (Å²) in [4.78, 5) is 10.1. The molecule has 0 saturated carbocycles. The van der Waals surface area contributed by atoms with Crippen LogP contribution in [-0.2, 0) is 21.7 Å². The Hall–Kier alpha value is -7.04. The Kier molecular flexibility index (Phi) is 8.90. The molecule has 1 N–H and O–H groups in total. The van der Waals surface area contributed by atoms with Gasteiger partial charge < -0.3 is 5.11 Å². The van der Waals surface area contributed by atoms with Crippen LogP contribution in [0.5, 0.6) is 5.75 Å². The second kappa shape index (κ2) is 17.5. The van der Waals surface area contributed by atoms with Gasteiger partial charge in [0.25, 0.3) is 0 Å². The first-order valence-corrected chi connectivity index (χ1v) is 23.6. The number of phenolic OH excluding ortho intramolecular Hbond substituents is 1. The maximum Gasteiger partial charge on any atom is 0.149 e. The quantitative estimate of drug-likeness (QED) is 0.173. The van der Waals surface area contributed by atoms with Gasteiger partial charge >= 0.3 is 0 Å². The Bertz CT molecular complexity index is 3920. The highest BCUT2D eigenvalue weighted by Crippen LogP contribution is 2.47. The van der Waals surface area contributed by atoms with Crippen LogP contribution in [-0.4, -0.2) is 19.6 Å². The van der Waals surface area contributed by atoms with Crippen molar-refractivity contribution in [3.63, 3.8) is 0 Å². The van der Waals surface area contributed by atoms with Gasteiger partial charge in [0.05, 0.1) is 38.9 Å². The van der Waals surface area contributed by atoms with Crippen molar-refractivity contribution in [1.29, 1.82) is 0 Å². The SMILES string of the molecule is [2H]c1nc(-c2cc(-c3cccc4c3nc(-c3cc(C(C)(C)C)cc(C(C)(C)C)c3O)n4-c3cc(-c4ccccc4)c(C([2H])([2H])[2H])cc3-c3ccc(C(C)(C)C)cc3)cc(C(C)(C)C)c2)c([2H])c(-c2c([2H])c([2H])c([2H])c([2H])c2[2H])c1[2H]. The zero-order valence-electron chi connectivity index (χ0n) is 52.8. The molecule has 0 aliphatic rings. The Labute approximate surface area is 426 Å². The first-order valence-electron chi connectivity index (χ1n) is 29.1. The van der Waals surface area contributed by atoms with Crippen molar-refractivity contribution in [3.05, 3.63) is 192 Å². The van der Waals surface area contributed by atoms with Crippen LogP contribution in [0.1, 0.15) is 126 Å².